The van der Waals surface area contributed by atoms with Gasteiger partial charge in [-0.1, -0.05) is 24.3 Å². The average molecular weight is 1410 g/mol. The van der Waals surface area contributed by atoms with Gasteiger partial charge in [0.25, 0.3) is 47.3 Å². The van der Waals surface area contributed by atoms with Crippen molar-refractivity contribution in [1.82, 2.24) is 29.4 Å². The third kappa shape index (κ3) is 24.0. The van der Waals surface area contributed by atoms with Gasteiger partial charge in [-0.3, -0.25) is 67.8 Å². The van der Waals surface area contributed by atoms with Crippen LogP contribution in [-0.4, -0.2) is 238 Å². The van der Waals surface area contributed by atoms with Gasteiger partial charge in [-0.25, -0.2) is 0 Å². The fourth-order valence-electron chi connectivity index (χ4n) is 10.7. The SMILES string of the molecule is COc1cc(/C=C/C(=O)N2CCC=CC2=O)cc(C)c1O.COc1cc(/C=C/C(=O)N2CCC=CC2=O)cc(C)c1OCCN(CCOc1c(C)cc(/C=C/C(=O)N2CCC=CC2=O)cc1OC)CCOc1c(OC)cc(/C=C/C(=O)N2CCC=CC2=O)cc1OC.OCCN(CCO)CCO. The number of carbonyl (C=O) groups excluding carboxylic acids is 8. The minimum atomic E-state index is -0.431. The van der Waals surface area contributed by atoms with Crippen LogP contribution in [0, 0.1) is 20.8 Å². The van der Waals surface area contributed by atoms with Crippen LogP contribution in [0.2, 0.25) is 0 Å². The van der Waals surface area contributed by atoms with Crippen LogP contribution in [0.1, 0.15) is 64.6 Å². The molecule has 4 aliphatic rings. The van der Waals surface area contributed by atoms with Crippen molar-refractivity contribution in [3.8, 4) is 51.7 Å². The molecular formula is C76H92N6O20. The van der Waals surface area contributed by atoms with Crippen molar-refractivity contribution in [1.29, 1.82) is 0 Å². The van der Waals surface area contributed by atoms with Crippen LogP contribution in [-0.2, 0) is 38.4 Å². The zero-order valence-corrected chi connectivity index (χ0v) is 59.0. The van der Waals surface area contributed by atoms with Crippen molar-refractivity contribution in [2.24, 2.45) is 0 Å². The van der Waals surface area contributed by atoms with Crippen molar-refractivity contribution >= 4 is 71.6 Å². The van der Waals surface area contributed by atoms with E-state index in [-0.39, 0.29) is 74.9 Å². The Morgan fingerprint density at radius 3 is 0.922 bits per heavy atom. The number of aliphatic hydroxyl groups excluding tert-OH is 3. The van der Waals surface area contributed by atoms with Gasteiger partial charge in [0.1, 0.15) is 19.8 Å². The molecule has 0 fully saturated rings. The van der Waals surface area contributed by atoms with E-state index in [1.54, 1.807) is 96.8 Å². The lowest BCUT2D eigenvalue weighted by molar-refractivity contribution is -0.140. The molecule has 0 aliphatic carbocycles. The number of nitrogens with zero attached hydrogens (tertiary/aromatic N) is 6. The molecule has 0 saturated heterocycles. The van der Waals surface area contributed by atoms with E-state index in [9.17, 15) is 43.5 Å². The molecule has 0 saturated carbocycles. The number of phenolic OH excluding ortho intramolecular Hbond substituents is 1. The van der Waals surface area contributed by atoms with Crippen molar-refractivity contribution < 1.29 is 96.7 Å². The van der Waals surface area contributed by atoms with Crippen molar-refractivity contribution in [3.05, 3.63) is 160 Å². The second kappa shape index (κ2) is 41.8. The van der Waals surface area contributed by atoms with Crippen molar-refractivity contribution in [2.75, 3.05) is 141 Å². The summed E-state index contributed by atoms with van der Waals surface area (Å²) in [6.07, 6.45) is 27.0. The number of imide groups is 4. The van der Waals surface area contributed by atoms with E-state index in [4.69, 9.17) is 53.2 Å². The summed E-state index contributed by atoms with van der Waals surface area (Å²) >= 11 is 0. The van der Waals surface area contributed by atoms with Crippen LogP contribution in [0.3, 0.4) is 0 Å². The van der Waals surface area contributed by atoms with E-state index in [1.165, 1.54) is 104 Å². The molecule has 4 aliphatic heterocycles. The second-order valence-corrected chi connectivity index (χ2v) is 23.2. The molecule has 8 amide bonds. The van der Waals surface area contributed by atoms with Crippen LogP contribution in [0.5, 0.6) is 51.7 Å². The lowest BCUT2D eigenvalue weighted by Crippen LogP contribution is -2.37. The minimum Gasteiger partial charge on any atom is -0.504 e. The highest BCUT2D eigenvalue weighted by molar-refractivity contribution is 6.09. The number of aryl methyl sites for hydroxylation is 3. The number of ether oxygens (including phenoxy) is 8. The summed E-state index contributed by atoms with van der Waals surface area (Å²) in [7, 11) is 7.54. The zero-order valence-electron chi connectivity index (χ0n) is 59.0. The molecule has 0 unspecified atom stereocenters. The number of hydrogen-bond acceptors (Lipinski definition) is 22. The normalized spacial score (nSPS) is 14.4. The highest BCUT2D eigenvalue weighted by atomic mass is 16.5. The summed E-state index contributed by atoms with van der Waals surface area (Å²) in [6.45, 7) is 10.5. The number of aromatic hydroxyl groups is 1. The van der Waals surface area contributed by atoms with Crippen LogP contribution in [0.15, 0.2) is 121 Å². The topological polar surface area (TPSA) is 311 Å². The third-order valence-electron chi connectivity index (χ3n) is 16.1. The molecule has 0 spiro atoms. The van der Waals surface area contributed by atoms with Gasteiger partial charge in [-0.05, 0) is 183 Å². The summed E-state index contributed by atoms with van der Waals surface area (Å²) in [6, 6.07) is 14.0. The van der Waals surface area contributed by atoms with E-state index in [1.807, 2.05) is 26.0 Å². The Balaban J connectivity index is 0.000000431. The summed E-state index contributed by atoms with van der Waals surface area (Å²) < 4.78 is 47.0. The molecule has 0 aromatic heterocycles. The fourth-order valence-corrected chi connectivity index (χ4v) is 10.7. The van der Waals surface area contributed by atoms with Crippen LogP contribution in [0.4, 0.5) is 0 Å². The quantitative estimate of drug-likeness (QED) is 0.0393. The number of hydrogen-bond donors (Lipinski definition) is 4. The maximum atomic E-state index is 12.8. The van der Waals surface area contributed by atoms with Gasteiger partial charge < -0.3 is 58.3 Å². The molecular weight excluding hydrogens is 1320 g/mol. The molecule has 0 atom stereocenters. The van der Waals surface area contributed by atoms with E-state index < -0.39 is 17.7 Å². The van der Waals surface area contributed by atoms with E-state index in [0.717, 1.165) is 16.7 Å². The van der Waals surface area contributed by atoms with Gasteiger partial charge in [0, 0.05) is 89.8 Å². The Labute approximate surface area is 594 Å². The largest absolute Gasteiger partial charge is 0.504 e. The van der Waals surface area contributed by atoms with E-state index in [0.29, 0.717) is 159 Å². The molecule has 4 aromatic carbocycles. The Morgan fingerprint density at radius 1 is 0.382 bits per heavy atom. The molecule has 4 N–H and O–H groups in total. The Kier molecular flexibility index (Phi) is 32.9. The first-order valence-electron chi connectivity index (χ1n) is 33.2. The smallest absolute Gasteiger partial charge is 0.253 e. The molecule has 26 heteroatoms. The van der Waals surface area contributed by atoms with Crippen LogP contribution < -0.4 is 37.9 Å². The molecule has 26 nitrogen and oxygen atoms in total. The Morgan fingerprint density at radius 2 is 0.637 bits per heavy atom. The zero-order chi connectivity index (χ0) is 74.1. The molecule has 546 valence electrons. The summed E-state index contributed by atoms with van der Waals surface area (Å²) in [4.78, 5) is 107. The standard InChI is InChI=1S/C54H60N4O13.C16H17NO4.C6H15NO3/c1-37-31-39(16-19-49(62)56-22-10-7-13-46(56)59)33-42(65-3)52(37)69-28-25-55(26-29-70-53-38(2)32-40(34-43(53)66-4)17-20-50(63)57-23-11-8-14-47(57)60)27-30-71-54-44(67-5)35-41(36-45(54)68-6)18-21-51(64)58-24-12-9-15-48(58)61;1-11-9-12(10-13(21-2)16(11)20)6-7-15(19)17-8-4-3-5-14(17)18;8-4-1-7(2-5-9)3-6-10/h7-9,13-21,31-36H,10-12,22-30H2,1-6H3;3,5-7,9-10,20H,4,8H2,1-2H3;8-10H,1-6H2/b19-16+,20-17+,21-18+;7-6+;. The Hall–Kier alpha value is -10.6. The predicted molar refractivity (Wildman–Crippen MR) is 383 cm³/mol. The summed E-state index contributed by atoms with van der Waals surface area (Å²) in [5.74, 6) is 0.585. The first kappa shape index (κ1) is 80.3. The maximum absolute atomic E-state index is 12.8. The lowest BCUT2D eigenvalue weighted by Gasteiger charge is -2.24. The van der Waals surface area contributed by atoms with Gasteiger partial charge in [-0.2, -0.15) is 0 Å². The van der Waals surface area contributed by atoms with Gasteiger partial charge in [0.05, 0.1) is 55.4 Å². The predicted octanol–water partition coefficient (Wildman–Crippen LogP) is 6.46. The monoisotopic (exact) mass is 1410 g/mol. The third-order valence-corrected chi connectivity index (χ3v) is 16.1. The van der Waals surface area contributed by atoms with Gasteiger partial charge in [0.2, 0.25) is 5.75 Å². The highest BCUT2D eigenvalue weighted by Gasteiger charge is 2.24. The molecule has 0 radical (unpaired) electrons. The number of methoxy groups -OCH3 is 5. The minimum absolute atomic E-state index is 0.0694. The number of benzene rings is 4. The summed E-state index contributed by atoms with van der Waals surface area (Å²) in [5.41, 5.74) is 4.90. The molecule has 102 heavy (non-hydrogen) atoms. The summed E-state index contributed by atoms with van der Waals surface area (Å²) in [5, 5.41) is 35.2. The van der Waals surface area contributed by atoms with Crippen LogP contribution >= 0.6 is 0 Å². The maximum Gasteiger partial charge on any atom is 0.253 e. The molecule has 4 heterocycles. The molecule has 0 bridgehead atoms. The van der Waals surface area contributed by atoms with Gasteiger partial charge in [-0.15, -0.1) is 0 Å². The number of aliphatic hydroxyl groups is 3. The first-order chi connectivity index (χ1) is 49.2. The second-order valence-electron chi connectivity index (χ2n) is 23.2. The number of carbonyl (C=O) groups is 8. The average Bonchev–Trinajstić information content (AvgIpc) is 0.862. The van der Waals surface area contributed by atoms with Gasteiger partial charge >= 0.3 is 0 Å². The van der Waals surface area contributed by atoms with Gasteiger partial charge in [0.15, 0.2) is 46.0 Å². The number of rotatable bonds is 31. The van der Waals surface area contributed by atoms with Crippen molar-refractivity contribution in [3.63, 3.8) is 0 Å². The first-order valence-corrected chi connectivity index (χ1v) is 33.2. The Bertz CT molecular complexity index is 3690. The number of amides is 8. The number of phenols is 1. The lowest BCUT2D eigenvalue weighted by atomic mass is 10.1. The van der Waals surface area contributed by atoms with Crippen LogP contribution in [0.25, 0.3) is 24.3 Å². The van der Waals surface area contributed by atoms with Crippen molar-refractivity contribution in [2.45, 2.75) is 46.5 Å². The van der Waals surface area contributed by atoms with E-state index >= 15 is 0 Å². The molecule has 8 rings (SSSR count). The highest BCUT2D eigenvalue weighted by Crippen LogP contribution is 2.40. The van der Waals surface area contributed by atoms with E-state index in [2.05, 4.69) is 4.90 Å². The fraction of sp³-hybridized carbons (Fsp3) is 0.368. The molecule has 4 aromatic rings.